The first-order chi connectivity index (χ1) is 7.66. The Balaban J connectivity index is 2.05. The second-order valence-corrected chi connectivity index (χ2v) is 4.16. The topological polar surface area (TPSA) is 27.1 Å². The van der Waals surface area contributed by atoms with E-state index in [1.165, 1.54) is 12.1 Å². The summed E-state index contributed by atoms with van der Waals surface area (Å²) in [5.41, 5.74) is 0.935. The van der Waals surface area contributed by atoms with Gasteiger partial charge in [0.15, 0.2) is 0 Å². The van der Waals surface area contributed by atoms with Gasteiger partial charge in [-0.25, -0.2) is 4.39 Å². The minimum absolute atomic E-state index is 0.269. The molecule has 0 atom stereocenters. The number of rotatable bonds is 3. The van der Waals surface area contributed by atoms with Gasteiger partial charge in [-0.15, -0.1) is 0 Å². The molecule has 0 aliphatic heterocycles. The number of benzene rings is 1. The lowest BCUT2D eigenvalue weighted by Crippen LogP contribution is -2.03. The van der Waals surface area contributed by atoms with Crippen molar-refractivity contribution in [1.82, 2.24) is 9.78 Å². The summed E-state index contributed by atoms with van der Waals surface area (Å²) in [6.07, 6.45) is 1.71. The van der Waals surface area contributed by atoms with Crippen LogP contribution < -0.4 is 4.74 Å². The molecule has 0 fully saturated rings. The zero-order chi connectivity index (χ0) is 11.5. The van der Waals surface area contributed by atoms with Crippen molar-refractivity contribution in [3.05, 3.63) is 46.4 Å². The maximum absolute atomic E-state index is 12.7. The molecule has 16 heavy (non-hydrogen) atoms. The number of hydrogen-bond donors (Lipinski definition) is 0. The molecule has 0 saturated carbocycles. The van der Waals surface area contributed by atoms with E-state index < -0.39 is 0 Å². The van der Waals surface area contributed by atoms with Crippen LogP contribution in [0.5, 0.6) is 5.75 Å². The van der Waals surface area contributed by atoms with Gasteiger partial charge in [0.25, 0.3) is 0 Å². The molecule has 0 radical (unpaired) electrons. The highest BCUT2D eigenvalue weighted by atomic mass is 79.9. The van der Waals surface area contributed by atoms with Crippen LogP contribution in [0.3, 0.4) is 0 Å². The van der Waals surface area contributed by atoms with E-state index in [0.717, 1.165) is 10.2 Å². The smallest absolute Gasteiger partial charge is 0.131 e. The Kier molecular flexibility index (Phi) is 3.24. The fourth-order valence-electron chi connectivity index (χ4n) is 1.28. The van der Waals surface area contributed by atoms with Crippen LogP contribution in [0.2, 0.25) is 0 Å². The second kappa shape index (κ2) is 4.65. The largest absolute Gasteiger partial charge is 0.487 e. The van der Waals surface area contributed by atoms with Crippen LogP contribution >= 0.6 is 15.9 Å². The summed E-state index contributed by atoms with van der Waals surface area (Å²) in [6, 6.07) is 5.93. The first-order valence-corrected chi connectivity index (χ1v) is 5.51. The number of halogens is 2. The van der Waals surface area contributed by atoms with Gasteiger partial charge < -0.3 is 4.74 Å². The summed E-state index contributed by atoms with van der Waals surface area (Å²) in [7, 11) is 1.84. The minimum Gasteiger partial charge on any atom is -0.487 e. The third-order valence-electron chi connectivity index (χ3n) is 2.20. The number of aryl methyl sites for hydroxylation is 1. The summed E-state index contributed by atoms with van der Waals surface area (Å²) >= 11 is 3.38. The van der Waals surface area contributed by atoms with Gasteiger partial charge in [0.2, 0.25) is 0 Å². The fraction of sp³-hybridized carbons (Fsp3) is 0.182. The molecule has 84 valence electrons. The lowest BCUT2D eigenvalue weighted by molar-refractivity contribution is 0.293. The Morgan fingerprint density at radius 2 is 2.06 bits per heavy atom. The predicted molar refractivity (Wildman–Crippen MR) is 61.6 cm³/mol. The van der Waals surface area contributed by atoms with Crippen LogP contribution in [-0.4, -0.2) is 9.78 Å². The monoisotopic (exact) mass is 284 g/mol. The van der Waals surface area contributed by atoms with Gasteiger partial charge in [-0.1, -0.05) is 0 Å². The molecule has 0 spiro atoms. The predicted octanol–water partition coefficient (Wildman–Crippen LogP) is 2.90. The molecule has 0 aliphatic carbocycles. The summed E-state index contributed by atoms with van der Waals surface area (Å²) in [5.74, 6) is 0.364. The molecule has 0 N–H and O–H groups in total. The summed E-state index contributed by atoms with van der Waals surface area (Å²) in [5, 5.41) is 4.07. The molecule has 1 aromatic carbocycles. The molecule has 3 nitrogen and oxygen atoms in total. The van der Waals surface area contributed by atoms with Crippen molar-refractivity contribution >= 4 is 15.9 Å². The zero-order valence-corrected chi connectivity index (χ0v) is 10.2. The molecule has 0 bridgehead atoms. The average molecular weight is 285 g/mol. The fourth-order valence-corrected chi connectivity index (χ4v) is 1.74. The number of hydrogen-bond acceptors (Lipinski definition) is 2. The SMILES string of the molecule is Cn1ncc(Br)c1COc1ccc(F)cc1. The molecule has 0 aliphatic rings. The van der Waals surface area contributed by atoms with Crippen molar-refractivity contribution < 1.29 is 9.13 Å². The third-order valence-corrected chi connectivity index (χ3v) is 2.86. The van der Waals surface area contributed by atoms with Gasteiger partial charge in [0, 0.05) is 7.05 Å². The second-order valence-electron chi connectivity index (χ2n) is 3.31. The highest BCUT2D eigenvalue weighted by molar-refractivity contribution is 9.10. The van der Waals surface area contributed by atoms with E-state index >= 15 is 0 Å². The highest BCUT2D eigenvalue weighted by Crippen LogP contribution is 2.18. The van der Waals surface area contributed by atoms with Crippen LogP contribution in [0.1, 0.15) is 5.69 Å². The van der Waals surface area contributed by atoms with E-state index in [1.54, 1.807) is 23.0 Å². The van der Waals surface area contributed by atoms with E-state index in [9.17, 15) is 4.39 Å². The molecule has 2 rings (SSSR count). The highest BCUT2D eigenvalue weighted by Gasteiger charge is 2.06. The number of ether oxygens (including phenoxy) is 1. The molecule has 0 amide bonds. The van der Waals surface area contributed by atoms with Gasteiger partial charge in [-0.2, -0.15) is 5.10 Å². The molecule has 0 unspecified atom stereocenters. The minimum atomic E-state index is -0.269. The van der Waals surface area contributed by atoms with Gasteiger partial charge in [-0.3, -0.25) is 4.68 Å². The van der Waals surface area contributed by atoms with E-state index in [2.05, 4.69) is 21.0 Å². The van der Waals surface area contributed by atoms with E-state index in [1.807, 2.05) is 7.05 Å². The maximum atomic E-state index is 12.7. The molecule has 0 saturated heterocycles. The maximum Gasteiger partial charge on any atom is 0.131 e. The molecular formula is C11H10BrFN2O. The van der Waals surface area contributed by atoms with E-state index in [-0.39, 0.29) is 5.82 Å². The van der Waals surface area contributed by atoms with Crippen molar-refractivity contribution in [1.29, 1.82) is 0 Å². The molecule has 5 heteroatoms. The summed E-state index contributed by atoms with van der Waals surface area (Å²) in [4.78, 5) is 0. The molecule has 1 aromatic heterocycles. The lowest BCUT2D eigenvalue weighted by Gasteiger charge is -2.06. The van der Waals surface area contributed by atoms with Crippen molar-refractivity contribution in [2.75, 3.05) is 0 Å². The van der Waals surface area contributed by atoms with E-state index in [0.29, 0.717) is 12.4 Å². The third kappa shape index (κ3) is 2.41. The lowest BCUT2D eigenvalue weighted by atomic mass is 10.3. The van der Waals surface area contributed by atoms with Crippen molar-refractivity contribution in [2.45, 2.75) is 6.61 Å². The number of nitrogens with zero attached hydrogens (tertiary/aromatic N) is 2. The standard InChI is InChI=1S/C11H10BrFN2O/c1-15-11(10(12)6-14-15)7-16-9-4-2-8(13)3-5-9/h2-6H,7H2,1H3. The Morgan fingerprint density at radius 3 is 2.62 bits per heavy atom. The number of aromatic nitrogens is 2. The molecule has 2 aromatic rings. The Morgan fingerprint density at radius 1 is 1.38 bits per heavy atom. The average Bonchev–Trinajstić information content (AvgIpc) is 2.59. The zero-order valence-electron chi connectivity index (χ0n) is 8.65. The molecule has 1 heterocycles. The Labute approximate surface area is 101 Å². The summed E-state index contributed by atoms with van der Waals surface area (Å²) < 4.78 is 20.8. The van der Waals surface area contributed by atoms with Crippen molar-refractivity contribution in [3.63, 3.8) is 0 Å². The van der Waals surface area contributed by atoms with Crippen molar-refractivity contribution in [3.8, 4) is 5.75 Å². The van der Waals surface area contributed by atoms with Crippen LogP contribution in [0.15, 0.2) is 34.9 Å². The van der Waals surface area contributed by atoms with Crippen LogP contribution in [-0.2, 0) is 13.7 Å². The van der Waals surface area contributed by atoms with E-state index in [4.69, 9.17) is 4.74 Å². The van der Waals surface area contributed by atoms with Gasteiger partial charge in [0.05, 0.1) is 16.4 Å². The van der Waals surface area contributed by atoms with Gasteiger partial charge in [-0.05, 0) is 40.2 Å². The first kappa shape index (κ1) is 11.1. The van der Waals surface area contributed by atoms with Crippen LogP contribution in [0.25, 0.3) is 0 Å². The first-order valence-electron chi connectivity index (χ1n) is 4.71. The Hall–Kier alpha value is -1.36. The quantitative estimate of drug-likeness (QED) is 0.867. The van der Waals surface area contributed by atoms with Crippen LogP contribution in [0, 0.1) is 5.82 Å². The van der Waals surface area contributed by atoms with Crippen molar-refractivity contribution in [2.24, 2.45) is 7.05 Å². The van der Waals surface area contributed by atoms with Gasteiger partial charge in [0.1, 0.15) is 18.2 Å². The normalized spacial score (nSPS) is 10.4. The summed E-state index contributed by atoms with van der Waals surface area (Å²) in [6.45, 7) is 0.392. The Bertz CT molecular complexity index is 462. The van der Waals surface area contributed by atoms with Gasteiger partial charge >= 0.3 is 0 Å². The van der Waals surface area contributed by atoms with Crippen LogP contribution in [0.4, 0.5) is 4.39 Å². The molecular weight excluding hydrogens is 275 g/mol.